The van der Waals surface area contributed by atoms with Gasteiger partial charge in [0, 0.05) is 47.9 Å². The summed E-state index contributed by atoms with van der Waals surface area (Å²) in [4.78, 5) is 31.9. The Kier molecular flexibility index (Phi) is 5.63. The van der Waals surface area contributed by atoms with Gasteiger partial charge in [0.1, 0.15) is 5.60 Å². The Morgan fingerprint density at radius 1 is 1.03 bits per heavy atom. The predicted molar refractivity (Wildman–Crippen MR) is 121 cm³/mol. The van der Waals surface area contributed by atoms with Crippen LogP contribution in [0.2, 0.25) is 0 Å². The SMILES string of the molecule is CC(C)(C)OC(=O)N1C[C@H](C(=O)Nc2cccc3cnccc23)[C@H](c2ccccc2)C1. The van der Waals surface area contributed by atoms with Crippen molar-refractivity contribution >= 4 is 28.5 Å². The van der Waals surface area contributed by atoms with Crippen molar-refractivity contribution in [2.24, 2.45) is 5.92 Å². The molecule has 1 saturated heterocycles. The summed E-state index contributed by atoms with van der Waals surface area (Å²) in [5.41, 5.74) is 1.19. The van der Waals surface area contributed by atoms with Crippen LogP contribution >= 0.6 is 0 Å². The maximum absolute atomic E-state index is 13.4. The van der Waals surface area contributed by atoms with Gasteiger partial charge in [-0.2, -0.15) is 0 Å². The van der Waals surface area contributed by atoms with E-state index >= 15 is 0 Å². The monoisotopic (exact) mass is 417 g/mol. The molecule has 1 aliphatic rings. The van der Waals surface area contributed by atoms with E-state index in [1.165, 1.54) is 0 Å². The lowest BCUT2D eigenvalue weighted by molar-refractivity contribution is -0.119. The number of aromatic nitrogens is 1. The summed E-state index contributed by atoms with van der Waals surface area (Å²) in [7, 11) is 0. The number of nitrogens with one attached hydrogen (secondary N) is 1. The Balaban J connectivity index is 1.60. The van der Waals surface area contributed by atoms with E-state index in [1.54, 1.807) is 17.3 Å². The third-order valence-corrected chi connectivity index (χ3v) is 5.47. The maximum Gasteiger partial charge on any atom is 0.410 e. The second-order valence-electron chi connectivity index (χ2n) is 8.90. The van der Waals surface area contributed by atoms with Crippen LogP contribution in [-0.2, 0) is 9.53 Å². The lowest BCUT2D eigenvalue weighted by atomic mass is 9.88. The number of hydrogen-bond acceptors (Lipinski definition) is 4. The van der Waals surface area contributed by atoms with Crippen LogP contribution in [0.3, 0.4) is 0 Å². The Bertz CT molecular complexity index is 1090. The smallest absolute Gasteiger partial charge is 0.410 e. The molecule has 1 N–H and O–H groups in total. The Morgan fingerprint density at radius 2 is 1.81 bits per heavy atom. The number of carbonyl (C=O) groups is 2. The minimum atomic E-state index is -0.587. The first-order valence-electron chi connectivity index (χ1n) is 10.5. The quantitative estimate of drug-likeness (QED) is 0.663. The molecule has 0 saturated carbocycles. The molecule has 2 amide bonds. The number of ether oxygens (including phenoxy) is 1. The highest BCUT2D eigenvalue weighted by atomic mass is 16.6. The maximum atomic E-state index is 13.4. The number of fused-ring (bicyclic) bond motifs is 1. The number of rotatable bonds is 3. The molecule has 2 atom stereocenters. The Hall–Kier alpha value is -3.41. The van der Waals surface area contributed by atoms with Crippen molar-refractivity contribution in [3.63, 3.8) is 0 Å². The fourth-order valence-corrected chi connectivity index (χ4v) is 4.04. The number of amides is 2. The van der Waals surface area contributed by atoms with Gasteiger partial charge in [-0.3, -0.25) is 9.78 Å². The molecule has 1 aliphatic heterocycles. The second kappa shape index (κ2) is 8.38. The highest BCUT2D eigenvalue weighted by Gasteiger charge is 2.41. The second-order valence-corrected chi connectivity index (χ2v) is 8.90. The first kappa shape index (κ1) is 20.8. The lowest BCUT2D eigenvalue weighted by Gasteiger charge is -2.24. The molecule has 0 aliphatic carbocycles. The zero-order valence-electron chi connectivity index (χ0n) is 18.0. The van der Waals surface area contributed by atoms with Gasteiger partial charge in [0.2, 0.25) is 5.91 Å². The van der Waals surface area contributed by atoms with Gasteiger partial charge in [0.15, 0.2) is 0 Å². The average molecular weight is 418 g/mol. The van der Waals surface area contributed by atoms with E-state index in [4.69, 9.17) is 4.74 Å². The van der Waals surface area contributed by atoms with Crippen LogP contribution in [0.5, 0.6) is 0 Å². The zero-order chi connectivity index (χ0) is 22.0. The van der Waals surface area contributed by atoms with Crippen molar-refractivity contribution in [3.05, 3.63) is 72.6 Å². The largest absolute Gasteiger partial charge is 0.444 e. The third-order valence-electron chi connectivity index (χ3n) is 5.47. The van der Waals surface area contributed by atoms with Crippen LogP contribution in [0.1, 0.15) is 32.3 Å². The average Bonchev–Trinajstić information content (AvgIpc) is 3.19. The topological polar surface area (TPSA) is 71.5 Å². The predicted octanol–water partition coefficient (Wildman–Crippen LogP) is 4.82. The van der Waals surface area contributed by atoms with E-state index < -0.39 is 5.60 Å². The van der Waals surface area contributed by atoms with Crippen molar-refractivity contribution in [2.45, 2.75) is 32.3 Å². The fourth-order valence-electron chi connectivity index (χ4n) is 4.04. The lowest BCUT2D eigenvalue weighted by Crippen LogP contribution is -2.36. The van der Waals surface area contributed by atoms with Crippen molar-refractivity contribution < 1.29 is 14.3 Å². The molecule has 160 valence electrons. The van der Waals surface area contributed by atoms with Gasteiger partial charge in [0.25, 0.3) is 0 Å². The van der Waals surface area contributed by atoms with Crippen LogP contribution in [0.15, 0.2) is 67.0 Å². The molecular formula is C25H27N3O3. The number of likely N-dealkylation sites (tertiary alicyclic amines) is 1. The summed E-state index contributed by atoms with van der Waals surface area (Å²) in [5.74, 6) is -0.596. The highest BCUT2D eigenvalue weighted by molar-refractivity contribution is 6.03. The summed E-state index contributed by atoms with van der Waals surface area (Å²) in [6.45, 7) is 6.28. The van der Waals surface area contributed by atoms with E-state index in [0.29, 0.717) is 13.1 Å². The molecule has 0 bridgehead atoms. The van der Waals surface area contributed by atoms with Crippen molar-refractivity contribution in [1.82, 2.24) is 9.88 Å². The molecule has 2 heterocycles. The number of carbonyl (C=O) groups excluding carboxylic acids is 2. The summed E-state index contributed by atoms with van der Waals surface area (Å²) < 4.78 is 5.56. The van der Waals surface area contributed by atoms with Gasteiger partial charge in [0.05, 0.1) is 5.92 Å². The third kappa shape index (κ3) is 4.68. The number of hydrogen-bond donors (Lipinski definition) is 1. The summed E-state index contributed by atoms with van der Waals surface area (Å²) in [6.07, 6.45) is 3.10. The molecule has 6 nitrogen and oxygen atoms in total. The van der Waals surface area contributed by atoms with Crippen LogP contribution in [0.4, 0.5) is 10.5 Å². The normalized spacial score (nSPS) is 18.7. The standard InChI is InChI=1S/C25H27N3O3/c1-25(2,3)31-24(30)28-15-20(17-8-5-4-6-9-17)21(16-28)23(29)27-22-11-7-10-18-14-26-13-12-19(18)22/h4-14,20-21H,15-16H2,1-3H3,(H,27,29)/t20-,21-/m0/s1. The first-order chi connectivity index (χ1) is 14.8. The van der Waals surface area contributed by atoms with Gasteiger partial charge in [-0.05, 0) is 38.5 Å². The number of anilines is 1. The molecule has 0 spiro atoms. The minimum absolute atomic E-state index is 0.106. The zero-order valence-corrected chi connectivity index (χ0v) is 18.0. The van der Waals surface area contributed by atoms with E-state index in [9.17, 15) is 9.59 Å². The first-order valence-corrected chi connectivity index (χ1v) is 10.5. The van der Waals surface area contributed by atoms with Crippen molar-refractivity contribution in [1.29, 1.82) is 0 Å². The van der Waals surface area contributed by atoms with E-state index in [1.807, 2.05) is 75.4 Å². The van der Waals surface area contributed by atoms with Gasteiger partial charge in [-0.15, -0.1) is 0 Å². The molecule has 1 fully saturated rings. The van der Waals surface area contributed by atoms with E-state index in [0.717, 1.165) is 22.0 Å². The molecular weight excluding hydrogens is 390 g/mol. The highest BCUT2D eigenvalue weighted by Crippen LogP contribution is 2.35. The summed E-state index contributed by atoms with van der Waals surface area (Å²) >= 11 is 0. The van der Waals surface area contributed by atoms with Crippen LogP contribution in [0, 0.1) is 5.92 Å². The van der Waals surface area contributed by atoms with Crippen LogP contribution in [-0.4, -0.2) is 40.6 Å². The summed E-state index contributed by atoms with van der Waals surface area (Å²) in [6, 6.07) is 17.5. The summed E-state index contributed by atoms with van der Waals surface area (Å²) in [5, 5.41) is 4.98. The molecule has 1 aromatic heterocycles. The van der Waals surface area contributed by atoms with Crippen molar-refractivity contribution in [2.75, 3.05) is 18.4 Å². The van der Waals surface area contributed by atoms with E-state index in [2.05, 4.69) is 10.3 Å². The molecule has 0 radical (unpaired) electrons. The minimum Gasteiger partial charge on any atom is -0.444 e. The molecule has 0 unspecified atom stereocenters. The Morgan fingerprint density at radius 3 is 2.55 bits per heavy atom. The number of benzene rings is 2. The fraction of sp³-hybridized carbons (Fsp3) is 0.320. The molecule has 2 aromatic carbocycles. The van der Waals surface area contributed by atoms with Gasteiger partial charge < -0.3 is 15.0 Å². The van der Waals surface area contributed by atoms with Crippen LogP contribution in [0.25, 0.3) is 10.8 Å². The van der Waals surface area contributed by atoms with Crippen LogP contribution < -0.4 is 5.32 Å². The van der Waals surface area contributed by atoms with Crippen molar-refractivity contribution in [3.8, 4) is 0 Å². The van der Waals surface area contributed by atoms with Gasteiger partial charge in [-0.25, -0.2) is 4.79 Å². The Labute approximate surface area is 182 Å². The number of nitrogens with zero attached hydrogens (tertiary/aromatic N) is 2. The molecule has 31 heavy (non-hydrogen) atoms. The molecule has 4 rings (SSSR count). The number of pyridine rings is 1. The molecule has 6 heteroatoms. The molecule has 3 aromatic rings. The van der Waals surface area contributed by atoms with Gasteiger partial charge >= 0.3 is 6.09 Å². The van der Waals surface area contributed by atoms with Gasteiger partial charge in [-0.1, -0.05) is 42.5 Å². The van der Waals surface area contributed by atoms with E-state index in [-0.39, 0.29) is 23.8 Å².